The van der Waals surface area contributed by atoms with E-state index in [0.29, 0.717) is 24.3 Å². The molecule has 4 rings (SSSR count). The van der Waals surface area contributed by atoms with Crippen LogP contribution in [0.2, 0.25) is 0 Å². The van der Waals surface area contributed by atoms with E-state index in [1.165, 1.54) is 18.7 Å². The van der Waals surface area contributed by atoms with Gasteiger partial charge < -0.3 is 14.5 Å². The number of amides is 2. The van der Waals surface area contributed by atoms with Gasteiger partial charge in [-0.15, -0.1) is 0 Å². The highest BCUT2D eigenvalue weighted by molar-refractivity contribution is 6.03. The third kappa shape index (κ3) is 2.29. The smallest absolute Gasteiger partial charge is 0.257 e. The van der Waals surface area contributed by atoms with E-state index in [1.54, 1.807) is 16.8 Å². The zero-order valence-corrected chi connectivity index (χ0v) is 13.1. The molecular weight excluding hydrogens is 308 g/mol. The molecule has 1 fully saturated rings. The predicted octanol–water partition coefficient (Wildman–Crippen LogP) is 1.12. The predicted molar refractivity (Wildman–Crippen MR) is 85.7 cm³/mol. The molecule has 2 unspecified atom stereocenters. The van der Waals surface area contributed by atoms with E-state index in [-0.39, 0.29) is 17.9 Å². The third-order valence-electron chi connectivity index (χ3n) is 4.47. The molecule has 1 aromatic heterocycles. The van der Waals surface area contributed by atoms with Gasteiger partial charge in [0.2, 0.25) is 5.91 Å². The topological polar surface area (TPSA) is 75.6 Å². The Kier molecular flexibility index (Phi) is 3.41. The molecule has 2 bridgehead atoms. The van der Waals surface area contributed by atoms with Crippen molar-refractivity contribution in [2.75, 3.05) is 18.5 Å². The molecule has 2 atom stereocenters. The van der Waals surface area contributed by atoms with Crippen LogP contribution in [0.25, 0.3) is 0 Å². The number of rotatable bonds is 1. The summed E-state index contributed by atoms with van der Waals surface area (Å²) in [7, 11) is 1.71. The van der Waals surface area contributed by atoms with Gasteiger partial charge >= 0.3 is 0 Å². The molecule has 7 heteroatoms. The normalized spacial score (nSPS) is 22.5. The molecule has 24 heavy (non-hydrogen) atoms. The van der Waals surface area contributed by atoms with Crippen LogP contribution >= 0.6 is 0 Å². The van der Waals surface area contributed by atoms with Gasteiger partial charge in [-0.3, -0.25) is 9.59 Å². The van der Waals surface area contributed by atoms with Gasteiger partial charge in [-0.05, 0) is 12.1 Å². The lowest BCUT2D eigenvalue weighted by molar-refractivity contribution is -0.122. The van der Waals surface area contributed by atoms with Crippen LogP contribution in [0.4, 0.5) is 5.69 Å². The van der Waals surface area contributed by atoms with E-state index in [4.69, 9.17) is 4.74 Å². The minimum absolute atomic E-state index is 0.113. The van der Waals surface area contributed by atoms with Crippen LogP contribution in [-0.2, 0) is 4.79 Å². The summed E-state index contributed by atoms with van der Waals surface area (Å²) in [6.45, 7) is 0.367. The van der Waals surface area contributed by atoms with Gasteiger partial charge in [0.15, 0.2) is 0 Å². The molecule has 1 aromatic carbocycles. The lowest BCUT2D eigenvalue weighted by Crippen LogP contribution is -2.46. The lowest BCUT2D eigenvalue weighted by atomic mass is 10.1. The van der Waals surface area contributed by atoms with Crippen LogP contribution < -0.4 is 9.64 Å². The minimum atomic E-state index is -0.541. The quantitative estimate of drug-likeness (QED) is 0.785. The van der Waals surface area contributed by atoms with E-state index in [0.717, 1.165) is 5.69 Å². The van der Waals surface area contributed by atoms with Crippen molar-refractivity contribution in [3.63, 3.8) is 0 Å². The molecule has 122 valence electrons. The summed E-state index contributed by atoms with van der Waals surface area (Å²) in [5.74, 6) is 0.298. The van der Waals surface area contributed by atoms with Gasteiger partial charge in [-0.25, -0.2) is 9.97 Å². The summed E-state index contributed by atoms with van der Waals surface area (Å²) in [5.41, 5.74) is 1.09. The Balaban J connectivity index is 1.69. The monoisotopic (exact) mass is 324 g/mol. The first kappa shape index (κ1) is 14.6. The Labute approximate surface area is 138 Å². The van der Waals surface area contributed by atoms with Gasteiger partial charge in [-0.1, -0.05) is 12.1 Å². The molecule has 0 aliphatic carbocycles. The number of likely N-dealkylation sites (tertiary alicyclic amines) is 1. The molecule has 1 saturated heterocycles. The molecule has 3 heterocycles. The molecule has 0 radical (unpaired) electrons. The number of anilines is 1. The number of para-hydroxylation sites is 2. The standard InChI is InChI=1S/C17H16N4O3/c1-20-13-4-2-3-5-15(13)24-12-6-14(17(20)23)21(9-12)16(22)11-7-18-10-19-8-11/h2-5,7-8,10,12,14H,6,9H2,1H3. The van der Waals surface area contributed by atoms with Crippen molar-refractivity contribution in [1.82, 2.24) is 14.9 Å². The van der Waals surface area contributed by atoms with Gasteiger partial charge in [0.1, 0.15) is 24.2 Å². The first-order valence-electron chi connectivity index (χ1n) is 7.74. The fourth-order valence-electron chi connectivity index (χ4n) is 3.27. The first-order chi connectivity index (χ1) is 11.6. The number of ether oxygens (including phenoxy) is 1. The summed E-state index contributed by atoms with van der Waals surface area (Å²) in [6.07, 6.45) is 4.57. The lowest BCUT2D eigenvalue weighted by Gasteiger charge is -2.29. The van der Waals surface area contributed by atoms with Crippen LogP contribution in [0.3, 0.4) is 0 Å². The zero-order valence-electron chi connectivity index (χ0n) is 13.1. The van der Waals surface area contributed by atoms with E-state index in [9.17, 15) is 9.59 Å². The maximum Gasteiger partial charge on any atom is 0.257 e. The molecule has 0 N–H and O–H groups in total. The van der Waals surface area contributed by atoms with Gasteiger partial charge in [0.25, 0.3) is 5.91 Å². The number of aromatic nitrogens is 2. The minimum Gasteiger partial charge on any atom is -0.486 e. The maximum absolute atomic E-state index is 12.9. The van der Waals surface area contributed by atoms with E-state index >= 15 is 0 Å². The summed E-state index contributed by atoms with van der Waals surface area (Å²) in [6, 6.07) is 6.88. The van der Waals surface area contributed by atoms with Crippen molar-refractivity contribution in [2.45, 2.75) is 18.6 Å². The van der Waals surface area contributed by atoms with Gasteiger partial charge in [0.05, 0.1) is 17.8 Å². The highest BCUT2D eigenvalue weighted by atomic mass is 16.5. The van der Waals surface area contributed by atoms with Crippen molar-refractivity contribution < 1.29 is 14.3 Å². The number of benzene rings is 1. The number of hydrogen-bond acceptors (Lipinski definition) is 5. The zero-order chi connectivity index (χ0) is 16.7. The first-order valence-corrected chi connectivity index (χ1v) is 7.74. The molecule has 0 saturated carbocycles. The molecule has 7 nitrogen and oxygen atoms in total. The van der Waals surface area contributed by atoms with Crippen LogP contribution in [0, 0.1) is 0 Å². The number of carbonyl (C=O) groups excluding carboxylic acids is 2. The summed E-state index contributed by atoms with van der Waals surface area (Å²) in [5, 5.41) is 0. The van der Waals surface area contributed by atoms with E-state index in [1.807, 2.05) is 24.3 Å². The number of nitrogens with zero attached hydrogens (tertiary/aromatic N) is 4. The second-order valence-corrected chi connectivity index (χ2v) is 5.94. The Morgan fingerprint density at radius 2 is 2.00 bits per heavy atom. The second kappa shape index (κ2) is 5.59. The molecule has 2 aromatic rings. The van der Waals surface area contributed by atoms with Crippen LogP contribution in [0.1, 0.15) is 16.8 Å². The SMILES string of the molecule is CN1C(=O)C2CC(CN2C(=O)c2cncnc2)Oc2ccccc21. The molecule has 2 aliphatic rings. The molecule has 0 spiro atoms. The molecular formula is C17H16N4O3. The fraction of sp³-hybridized carbons (Fsp3) is 0.294. The summed E-state index contributed by atoms with van der Waals surface area (Å²) < 4.78 is 6.04. The van der Waals surface area contributed by atoms with E-state index in [2.05, 4.69) is 9.97 Å². The summed E-state index contributed by atoms with van der Waals surface area (Å²) in [4.78, 5) is 36.6. The van der Waals surface area contributed by atoms with Crippen molar-refractivity contribution >= 4 is 17.5 Å². The van der Waals surface area contributed by atoms with Gasteiger partial charge in [-0.2, -0.15) is 0 Å². The number of hydrogen-bond donors (Lipinski definition) is 0. The van der Waals surface area contributed by atoms with Crippen molar-refractivity contribution in [3.8, 4) is 5.75 Å². The van der Waals surface area contributed by atoms with Crippen LogP contribution in [0.15, 0.2) is 43.0 Å². The number of carbonyl (C=O) groups is 2. The maximum atomic E-state index is 12.9. The average Bonchev–Trinajstić information content (AvgIpc) is 3.05. The van der Waals surface area contributed by atoms with Crippen molar-refractivity contribution in [2.24, 2.45) is 0 Å². The average molecular weight is 324 g/mol. The molecule has 2 aliphatic heterocycles. The van der Waals surface area contributed by atoms with Crippen LogP contribution in [-0.4, -0.2) is 52.4 Å². The number of likely N-dealkylation sites (N-methyl/N-ethyl adjacent to an activating group) is 1. The second-order valence-electron chi connectivity index (χ2n) is 5.94. The number of fused-ring (bicyclic) bond motifs is 3. The Morgan fingerprint density at radius 1 is 1.25 bits per heavy atom. The fourth-order valence-corrected chi connectivity index (χ4v) is 3.27. The Morgan fingerprint density at radius 3 is 2.79 bits per heavy atom. The highest BCUT2D eigenvalue weighted by Gasteiger charge is 2.44. The van der Waals surface area contributed by atoms with Crippen LogP contribution in [0.5, 0.6) is 5.75 Å². The molecule has 2 amide bonds. The summed E-state index contributed by atoms with van der Waals surface area (Å²) >= 11 is 0. The Bertz CT molecular complexity index is 795. The largest absolute Gasteiger partial charge is 0.486 e. The van der Waals surface area contributed by atoms with Crippen molar-refractivity contribution in [3.05, 3.63) is 48.5 Å². The highest BCUT2D eigenvalue weighted by Crippen LogP contribution is 2.35. The van der Waals surface area contributed by atoms with Crippen molar-refractivity contribution in [1.29, 1.82) is 0 Å². The van der Waals surface area contributed by atoms with Gasteiger partial charge in [0, 0.05) is 25.9 Å². The van der Waals surface area contributed by atoms with E-state index < -0.39 is 6.04 Å². The third-order valence-corrected chi connectivity index (χ3v) is 4.47. The Hall–Kier alpha value is -2.96.